The summed E-state index contributed by atoms with van der Waals surface area (Å²) in [7, 11) is 0. The molecule has 1 N–H and O–H groups in total. The van der Waals surface area contributed by atoms with Crippen molar-refractivity contribution in [1.29, 1.82) is 0 Å². The Balaban J connectivity index is 1.83. The minimum absolute atomic E-state index is 0.0125. The quantitative estimate of drug-likeness (QED) is 0.860. The van der Waals surface area contributed by atoms with E-state index >= 15 is 0 Å². The highest BCUT2D eigenvalue weighted by atomic mass is 79.9. The van der Waals surface area contributed by atoms with Crippen molar-refractivity contribution in [2.24, 2.45) is 4.99 Å². The zero-order chi connectivity index (χ0) is 14.7. The number of hydrogen-bond donors (Lipinski definition) is 1. The van der Waals surface area contributed by atoms with Gasteiger partial charge in [-0.3, -0.25) is 4.79 Å². The van der Waals surface area contributed by atoms with Gasteiger partial charge < -0.3 is 5.32 Å². The summed E-state index contributed by atoms with van der Waals surface area (Å²) >= 11 is 4.99. The Morgan fingerprint density at radius 3 is 2.52 bits per heavy atom. The van der Waals surface area contributed by atoms with E-state index in [-0.39, 0.29) is 11.2 Å². The van der Waals surface area contributed by atoms with Gasteiger partial charge in [0.1, 0.15) is 0 Å². The first-order valence-corrected chi connectivity index (χ1v) is 8.24. The van der Waals surface area contributed by atoms with Crippen LogP contribution in [0.3, 0.4) is 0 Å². The van der Waals surface area contributed by atoms with Gasteiger partial charge in [-0.2, -0.15) is 0 Å². The second-order valence-electron chi connectivity index (χ2n) is 4.66. The zero-order valence-corrected chi connectivity index (χ0v) is 13.5. The molecule has 2 aromatic carbocycles. The summed E-state index contributed by atoms with van der Waals surface area (Å²) in [5, 5.41) is 3.62. The van der Waals surface area contributed by atoms with Crippen LogP contribution in [0.4, 0.5) is 5.69 Å². The molecule has 3 nitrogen and oxygen atoms in total. The number of thioether (sulfide) groups is 1. The summed E-state index contributed by atoms with van der Waals surface area (Å²) in [6.07, 6.45) is 0.480. The fourth-order valence-electron chi connectivity index (χ4n) is 2.09. The summed E-state index contributed by atoms with van der Waals surface area (Å²) in [6.45, 7) is 0. The summed E-state index contributed by atoms with van der Waals surface area (Å²) in [5.74, 6) is 0.0125. The second-order valence-corrected chi connectivity index (χ2v) is 6.77. The van der Waals surface area contributed by atoms with Gasteiger partial charge >= 0.3 is 0 Å². The van der Waals surface area contributed by atoms with Crippen molar-refractivity contribution < 1.29 is 4.79 Å². The SMILES string of the molecule is O=C1CC(c2ccccc2)SC(=Nc2ccc(Br)cc2)N1. The number of nitrogens with zero attached hydrogens (tertiary/aromatic N) is 1. The third-order valence-electron chi connectivity index (χ3n) is 3.10. The van der Waals surface area contributed by atoms with E-state index in [9.17, 15) is 4.79 Å². The van der Waals surface area contributed by atoms with Crippen LogP contribution in [0.5, 0.6) is 0 Å². The van der Waals surface area contributed by atoms with Crippen LogP contribution in [0.1, 0.15) is 17.2 Å². The molecule has 0 spiro atoms. The molecule has 0 radical (unpaired) electrons. The van der Waals surface area contributed by atoms with Crippen molar-refractivity contribution in [2.45, 2.75) is 11.7 Å². The summed E-state index contributed by atoms with van der Waals surface area (Å²) in [5.41, 5.74) is 1.98. The number of aliphatic imine (C=N–C) groups is 1. The molecule has 1 aliphatic heterocycles. The van der Waals surface area contributed by atoms with Crippen LogP contribution < -0.4 is 5.32 Å². The molecule has 1 unspecified atom stereocenters. The van der Waals surface area contributed by atoms with E-state index in [2.05, 4.69) is 26.2 Å². The molecule has 21 heavy (non-hydrogen) atoms. The lowest BCUT2D eigenvalue weighted by Gasteiger charge is -2.23. The van der Waals surface area contributed by atoms with E-state index in [1.165, 1.54) is 0 Å². The minimum Gasteiger partial charge on any atom is -0.305 e. The largest absolute Gasteiger partial charge is 0.305 e. The van der Waals surface area contributed by atoms with Gasteiger partial charge in [-0.25, -0.2) is 4.99 Å². The number of amides is 1. The monoisotopic (exact) mass is 360 g/mol. The minimum atomic E-state index is 0.0125. The molecule has 1 aliphatic rings. The Kier molecular flexibility index (Phi) is 4.41. The molecule has 2 aromatic rings. The Hall–Kier alpha value is -1.59. The fourth-order valence-corrected chi connectivity index (χ4v) is 3.48. The number of carbonyl (C=O) groups is 1. The van der Waals surface area contributed by atoms with Crippen LogP contribution in [0.2, 0.25) is 0 Å². The van der Waals surface area contributed by atoms with Crippen LogP contribution in [0, 0.1) is 0 Å². The first-order chi connectivity index (χ1) is 10.2. The molecule has 0 bridgehead atoms. The normalized spacial score (nSPS) is 20.3. The number of nitrogens with one attached hydrogen (secondary N) is 1. The van der Waals surface area contributed by atoms with Gasteiger partial charge in [-0.15, -0.1) is 0 Å². The van der Waals surface area contributed by atoms with E-state index in [1.54, 1.807) is 11.8 Å². The first-order valence-electron chi connectivity index (χ1n) is 6.56. The Morgan fingerprint density at radius 2 is 1.81 bits per heavy atom. The highest BCUT2D eigenvalue weighted by Gasteiger charge is 2.25. The number of halogens is 1. The van der Waals surface area contributed by atoms with Gasteiger partial charge in [0.25, 0.3) is 0 Å². The third kappa shape index (κ3) is 3.74. The predicted molar refractivity (Wildman–Crippen MR) is 90.8 cm³/mol. The highest BCUT2D eigenvalue weighted by molar-refractivity contribution is 9.10. The van der Waals surface area contributed by atoms with Gasteiger partial charge in [0.2, 0.25) is 5.91 Å². The Morgan fingerprint density at radius 1 is 1.10 bits per heavy atom. The standard InChI is InChI=1S/C16H13BrN2OS/c17-12-6-8-13(9-7-12)18-16-19-15(20)10-14(21-16)11-4-2-1-3-5-11/h1-9,14H,10H2,(H,18,19,20). The molecule has 1 amide bonds. The van der Waals surface area contributed by atoms with Crippen LogP contribution >= 0.6 is 27.7 Å². The molecule has 1 atom stereocenters. The average molecular weight is 361 g/mol. The molecule has 0 aromatic heterocycles. The second kappa shape index (κ2) is 6.45. The maximum absolute atomic E-state index is 11.9. The molecule has 1 saturated heterocycles. The van der Waals surface area contributed by atoms with Crippen LogP contribution in [0.25, 0.3) is 0 Å². The van der Waals surface area contributed by atoms with Gasteiger partial charge in [0.15, 0.2) is 5.17 Å². The van der Waals surface area contributed by atoms with Crippen molar-refractivity contribution in [1.82, 2.24) is 5.32 Å². The van der Waals surface area contributed by atoms with Crippen molar-refractivity contribution >= 4 is 44.5 Å². The molecule has 3 rings (SSSR count). The van der Waals surface area contributed by atoms with E-state index in [4.69, 9.17) is 0 Å². The van der Waals surface area contributed by atoms with E-state index < -0.39 is 0 Å². The Bertz CT molecular complexity index is 670. The van der Waals surface area contributed by atoms with Gasteiger partial charge in [0, 0.05) is 16.1 Å². The number of benzene rings is 2. The van der Waals surface area contributed by atoms with Crippen LogP contribution in [-0.2, 0) is 4.79 Å². The highest BCUT2D eigenvalue weighted by Crippen LogP contribution is 2.36. The topological polar surface area (TPSA) is 41.5 Å². The van der Waals surface area contributed by atoms with E-state index in [0.717, 1.165) is 15.7 Å². The lowest BCUT2D eigenvalue weighted by Crippen LogP contribution is -2.34. The third-order valence-corrected chi connectivity index (χ3v) is 4.77. The van der Waals surface area contributed by atoms with Crippen LogP contribution in [0.15, 0.2) is 64.1 Å². The molecule has 106 valence electrons. The van der Waals surface area contributed by atoms with Crippen molar-refractivity contribution in [2.75, 3.05) is 0 Å². The van der Waals surface area contributed by atoms with E-state index in [0.29, 0.717) is 11.6 Å². The van der Waals surface area contributed by atoms with Crippen molar-refractivity contribution in [3.8, 4) is 0 Å². The smallest absolute Gasteiger partial charge is 0.227 e. The molecular formula is C16H13BrN2OS. The maximum atomic E-state index is 11.9. The summed E-state index contributed by atoms with van der Waals surface area (Å²) in [4.78, 5) is 16.4. The number of rotatable bonds is 2. The average Bonchev–Trinajstić information content (AvgIpc) is 2.50. The molecule has 1 heterocycles. The summed E-state index contributed by atoms with van der Waals surface area (Å²) in [6, 6.07) is 17.8. The number of carbonyl (C=O) groups excluding carboxylic acids is 1. The Labute approximate surface area is 136 Å². The molecule has 0 aliphatic carbocycles. The molecular weight excluding hydrogens is 348 g/mol. The lowest BCUT2D eigenvalue weighted by atomic mass is 10.1. The maximum Gasteiger partial charge on any atom is 0.227 e. The summed E-state index contributed by atoms with van der Waals surface area (Å²) < 4.78 is 1.01. The zero-order valence-electron chi connectivity index (χ0n) is 11.1. The van der Waals surface area contributed by atoms with Crippen molar-refractivity contribution in [3.63, 3.8) is 0 Å². The van der Waals surface area contributed by atoms with Crippen molar-refractivity contribution in [3.05, 3.63) is 64.6 Å². The molecule has 0 saturated carbocycles. The van der Waals surface area contributed by atoms with E-state index in [1.807, 2.05) is 54.6 Å². The fraction of sp³-hybridized carbons (Fsp3) is 0.125. The number of hydrogen-bond acceptors (Lipinski definition) is 3. The predicted octanol–water partition coefficient (Wildman–Crippen LogP) is 4.43. The van der Waals surface area contributed by atoms with Gasteiger partial charge in [-0.1, -0.05) is 58.0 Å². The number of amidine groups is 1. The lowest BCUT2D eigenvalue weighted by molar-refractivity contribution is -0.119. The van der Waals surface area contributed by atoms with Gasteiger partial charge in [-0.05, 0) is 29.8 Å². The van der Waals surface area contributed by atoms with Crippen LogP contribution in [-0.4, -0.2) is 11.1 Å². The molecule has 1 fully saturated rings. The first kappa shape index (κ1) is 14.4. The molecule has 5 heteroatoms. The van der Waals surface area contributed by atoms with Gasteiger partial charge in [0.05, 0.1) is 5.69 Å².